The molecule has 1 aliphatic heterocycles. The molecular weight excluding hydrogens is 734 g/mol. The lowest BCUT2D eigenvalue weighted by Gasteiger charge is -2.22. The molecule has 2 aromatic carbocycles. The van der Waals surface area contributed by atoms with Crippen LogP contribution in [0.1, 0.15) is 41.6 Å². The molecule has 0 amide bonds. The molecule has 18 heteroatoms. The van der Waals surface area contributed by atoms with Gasteiger partial charge in [-0.15, -0.1) is 0 Å². The van der Waals surface area contributed by atoms with Gasteiger partial charge in [-0.25, -0.2) is 19.6 Å². The van der Waals surface area contributed by atoms with Crippen molar-refractivity contribution in [3.05, 3.63) is 102 Å². The van der Waals surface area contributed by atoms with E-state index in [0.717, 1.165) is 65.6 Å². The average molecular weight is 767 g/mol. The van der Waals surface area contributed by atoms with Crippen molar-refractivity contribution in [1.82, 2.24) is 14.4 Å². The Labute approximate surface area is 301 Å². The number of aryl methyl sites for hydroxylation is 2. The molecule has 0 fully saturated rings. The normalized spacial score (nSPS) is 12.8. The average Bonchev–Trinajstić information content (AvgIpc) is 3.69. The molecule has 6 rings (SSSR count). The predicted octanol–water partition coefficient (Wildman–Crippen LogP) is 7.66. The van der Waals surface area contributed by atoms with E-state index in [1.165, 1.54) is 16.3 Å². The minimum Gasteiger partial charge on any atom is -0.489 e. The van der Waals surface area contributed by atoms with E-state index in [-0.39, 0.29) is 6.42 Å². The number of alkyl halides is 6. The van der Waals surface area contributed by atoms with Gasteiger partial charge in [-0.1, -0.05) is 53.8 Å². The van der Waals surface area contributed by atoms with Crippen LogP contribution in [0.25, 0.3) is 16.3 Å². The molecule has 4 heterocycles. The van der Waals surface area contributed by atoms with Gasteiger partial charge in [0.1, 0.15) is 33.7 Å². The highest BCUT2D eigenvalue weighted by atomic mass is 32.1. The molecule has 0 unspecified atom stereocenters. The van der Waals surface area contributed by atoms with Crippen molar-refractivity contribution in [1.29, 1.82) is 0 Å². The Balaban J connectivity index is 0.000000381. The summed E-state index contributed by atoms with van der Waals surface area (Å²) in [5, 5.41) is 25.3. The number of thiazole rings is 1. The summed E-state index contributed by atoms with van der Waals surface area (Å²) in [5.41, 5.74) is 6.42. The maximum absolute atomic E-state index is 10.8. The van der Waals surface area contributed by atoms with Crippen molar-refractivity contribution in [3.63, 3.8) is 0 Å². The van der Waals surface area contributed by atoms with Gasteiger partial charge in [0.2, 0.25) is 0 Å². The summed E-state index contributed by atoms with van der Waals surface area (Å²) >= 11 is 1.75. The fraction of sp³-hybridized carbons (Fsp3) is 0.286. The summed E-state index contributed by atoms with van der Waals surface area (Å²) in [4.78, 5) is 40.8. The van der Waals surface area contributed by atoms with E-state index in [1.807, 2.05) is 53.1 Å². The molecule has 53 heavy (non-hydrogen) atoms. The fourth-order valence-electron chi connectivity index (χ4n) is 4.88. The maximum atomic E-state index is 10.8. The number of halogens is 6. The molecule has 282 valence electrons. The number of rotatable bonds is 9. The lowest BCUT2D eigenvalue weighted by molar-refractivity contribution is -0.193. The Kier molecular flexibility index (Phi) is 13.4. The van der Waals surface area contributed by atoms with Crippen molar-refractivity contribution >= 4 is 39.9 Å². The lowest BCUT2D eigenvalue weighted by Crippen LogP contribution is -2.22. The number of pyridine rings is 1. The Morgan fingerprint density at radius 1 is 0.792 bits per heavy atom. The lowest BCUT2D eigenvalue weighted by atomic mass is 10.1. The first-order valence-corrected chi connectivity index (χ1v) is 16.6. The number of carbonyl (C=O) groups is 3. The second-order valence-corrected chi connectivity index (χ2v) is 12.5. The molecule has 11 nitrogen and oxygen atoms in total. The van der Waals surface area contributed by atoms with Gasteiger partial charge in [0.05, 0.1) is 5.69 Å². The van der Waals surface area contributed by atoms with Crippen LogP contribution in [0.2, 0.25) is 0 Å². The van der Waals surface area contributed by atoms with Gasteiger partial charge >= 0.3 is 30.3 Å². The molecule has 0 bridgehead atoms. The first kappa shape index (κ1) is 40.1. The zero-order valence-corrected chi connectivity index (χ0v) is 28.4. The van der Waals surface area contributed by atoms with Gasteiger partial charge in [0.15, 0.2) is 0 Å². The van der Waals surface area contributed by atoms with Crippen molar-refractivity contribution in [2.45, 2.75) is 57.6 Å². The number of aromatic nitrogens is 3. The molecule has 3 N–H and O–H groups in total. The Morgan fingerprint density at radius 2 is 1.40 bits per heavy atom. The Hall–Kier alpha value is -5.65. The SMILES string of the molecule is O=C(O)C(F)(F)F.O=C(O)C(F)(F)F.O=C(O)CCc1ccc(OCc2ccc(CN3CCCCc4nc(-c5cn6ccccc6n5)sc43)cc2)cc1. The Morgan fingerprint density at radius 3 is 1.98 bits per heavy atom. The number of benzene rings is 2. The third-order valence-electron chi connectivity index (χ3n) is 7.48. The van der Waals surface area contributed by atoms with Crippen LogP contribution < -0.4 is 9.64 Å². The van der Waals surface area contributed by atoms with E-state index in [4.69, 9.17) is 39.6 Å². The second-order valence-electron chi connectivity index (χ2n) is 11.5. The van der Waals surface area contributed by atoms with Crippen molar-refractivity contribution < 1.29 is 60.8 Å². The summed E-state index contributed by atoms with van der Waals surface area (Å²) in [7, 11) is 0. The summed E-state index contributed by atoms with van der Waals surface area (Å²) < 4.78 is 71.5. The van der Waals surface area contributed by atoms with E-state index in [9.17, 15) is 31.1 Å². The second kappa shape index (κ2) is 17.7. The van der Waals surface area contributed by atoms with Crippen LogP contribution in [0, 0.1) is 0 Å². The molecule has 0 radical (unpaired) electrons. The minimum absolute atomic E-state index is 0.136. The van der Waals surface area contributed by atoms with Gasteiger partial charge in [-0.3, -0.25) is 4.79 Å². The third kappa shape index (κ3) is 12.2. The third-order valence-corrected chi connectivity index (χ3v) is 8.66. The zero-order valence-electron chi connectivity index (χ0n) is 27.6. The molecular formula is C35H32F6N4O7S. The zero-order chi connectivity index (χ0) is 38.8. The molecule has 0 saturated carbocycles. The van der Waals surface area contributed by atoms with Crippen LogP contribution in [0.4, 0.5) is 31.3 Å². The van der Waals surface area contributed by atoms with E-state index < -0.39 is 30.3 Å². The van der Waals surface area contributed by atoms with Gasteiger partial charge < -0.3 is 29.4 Å². The standard InChI is InChI=1S/C31H30N4O3S.2C2HF3O2/c36-29(37)16-13-22-11-14-25(15-12-22)38-21-24-9-7-23(8-10-24)19-35-18-3-1-5-26-31(35)39-30(33-26)27-20-34-17-4-2-6-28(34)32-27;2*3-2(4,5)1(6)7/h2,4,6-12,14-15,17,20H,1,3,5,13,16,18-19,21H2,(H,36,37);2*(H,6,7). The summed E-state index contributed by atoms with van der Waals surface area (Å²) in [6, 6.07) is 22.3. The highest BCUT2D eigenvalue weighted by molar-refractivity contribution is 7.19. The predicted molar refractivity (Wildman–Crippen MR) is 181 cm³/mol. The van der Waals surface area contributed by atoms with Gasteiger partial charge in [0.25, 0.3) is 0 Å². The number of anilines is 1. The van der Waals surface area contributed by atoms with Crippen molar-refractivity contribution in [2.24, 2.45) is 0 Å². The highest BCUT2D eigenvalue weighted by Crippen LogP contribution is 2.38. The number of carboxylic acid groups (broad SMARTS) is 3. The molecule has 5 aromatic rings. The van der Waals surface area contributed by atoms with Gasteiger partial charge in [0, 0.05) is 31.9 Å². The number of hydrogen-bond acceptors (Lipinski definition) is 8. The van der Waals surface area contributed by atoms with Gasteiger partial charge in [-0.2, -0.15) is 26.3 Å². The molecule has 0 saturated heterocycles. The smallest absolute Gasteiger partial charge is 0.489 e. The number of aliphatic carboxylic acids is 3. The van der Waals surface area contributed by atoms with E-state index >= 15 is 0 Å². The number of imidazole rings is 1. The van der Waals surface area contributed by atoms with E-state index in [0.29, 0.717) is 13.0 Å². The first-order chi connectivity index (χ1) is 25.0. The van der Waals surface area contributed by atoms with Crippen LogP contribution in [0.15, 0.2) is 79.1 Å². The van der Waals surface area contributed by atoms with Crippen LogP contribution in [0.5, 0.6) is 5.75 Å². The quantitative estimate of drug-likeness (QED) is 0.127. The number of hydrogen-bond donors (Lipinski definition) is 3. The summed E-state index contributed by atoms with van der Waals surface area (Å²) in [6.07, 6.45) is -2.11. The molecule has 0 aliphatic carbocycles. The molecule has 3 aromatic heterocycles. The molecule has 0 spiro atoms. The van der Waals surface area contributed by atoms with Crippen LogP contribution in [0.3, 0.4) is 0 Å². The fourth-order valence-corrected chi connectivity index (χ4v) is 5.97. The number of carboxylic acids is 3. The molecule has 0 atom stereocenters. The Bertz CT molecular complexity index is 1940. The minimum atomic E-state index is -5.08. The summed E-state index contributed by atoms with van der Waals surface area (Å²) in [6.45, 7) is 2.35. The van der Waals surface area contributed by atoms with E-state index in [2.05, 4.69) is 35.4 Å². The van der Waals surface area contributed by atoms with E-state index in [1.54, 1.807) is 11.3 Å². The van der Waals surface area contributed by atoms with Crippen molar-refractivity contribution in [2.75, 3.05) is 11.4 Å². The van der Waals surface area contributed by atoms with Crippen LogP contribution in [-0.4, -0.2) is 66.5 Å². The van der Waals surface area contributed by atoms with Crippen molar-refractivity contribution in [3.8, 4) is 16.5 Å². The number of fused-ring (bicyclic) bond motifs is 2. The van der Waals surface area contributed by atoms with Crippen LogP contribution >= 0.6 is 11.3 Å². The van der Waals surface area contributed by atoms with Crippen LogP contribution in [-0.2, 0) is 40.4 Å². The highest BCUT2D eigenvalue weighted by Gasteiger charge is 2.39. The first-order valence-electron chi connectivity index (χ1n) is 15.8. The topological polar surface area (TPSA) is 155 Å². The number of nitrogens with zero attached hydrogens (tertiary/aromatic N) is 4. The van der Waals surface area contributed by atoms with Gasteiger partial charge in [-0.05, 0) is 66.6 Å². The molecule has 1 aliphatic rings. The largest absolute Gasteiger partial charge is 0.490 e. The summed E-state index contributed by atoms with van der Waals surface area (Å²) in [5.74, 6) is -5.52. The maximum Gasteiger partial charge on any atom is 0.490 e. The number of ether oxygens (including phenoxy) is 1. The monoisotopic (exact) mass is 766 g/mol.